The van der Waals surface area contributed by atoms with Crippen LogP contribution in [0.1, 0.15) is 29.8 Å². The van der Waals surface area contributed by atoms with E-state index in [0.29, 0.717) is 6.42 Å². The van der Waals surface area contributed by atoms with Crippen molar-refractivity contribution < 1.29 is 4.79 Å². The third kappa shape index (κ3) is 2.80. The molecule has 1 amide bonds. The minimum atomic E-state index is 0.0719. The Labute approximate surface area is 99.5 Å². The number of aromatic nitrogens is 1. The lowest BCUT2D eigenvalue weighted by Crippen LogP contribution is -2.15. The lowest BCUT2D eigenvalue weighted by molar-refractivity contribution is -0.116. The summed E-state index contributed by atoms with van der Waals surface area (Å²) in [5.74, 6) is 0.0719. The molecule has 1 aliphatic rings. The molecule has 1 aromatic rings. The van der Waals surface area contributed by atoms with Crippen LogP contribution >= 0.6 is 11.3 Å². The molecule has 0 fully saturated rings. The van der Waals surface area contributed by atoms with Crippen LogP contribution in [-0.4, -0.2) is 24.5 Å². The van der Waals surface area contributed by atoms with Gasteiger partial charge in [-0.3, -0.25) is 4.79 Å². The standard InChI is InChI=1S/C11H17N3OS/c1-12-7-3-6-10(15)14-11-13-8-4-2-5-9(8)16-11/h12H,2-7H2,1H3,(H,13,14,15). The maximum absolute atomic E-state index is 11.5. The van der Waals surface area contributed by atoms with E-state index in [9.17, 15) is 4.79 Å². The van der Waals surface area contributed by atoms with Crippen LogP contribution in [0.5, 0.6) is 0 Å². The van der Waals surface area contributed by atoms with Crippen molar-refractivity contribution in [2.75, 3.05) is 18.9 Å². The quantitative estimate of drug-likeness (QED) is 0.767. The molecule has 0 saturated heterocycles. The molecule has 16 heavy (non-hydrogen) atoms. The van der Waals surface area contributed by atoms with E-state index in [-0.39, 0.29) is 5.91 Å². The number of thiazole rings is 1. The number of hydrogen-bond donors (Lipinski definition) is 2. The van der Waals surface area contributed by atoms with Gasteiger partial charge in [0.05, 0.1) is 5.69 Å². The first-order valence-electron chi connectivity index (χ1n) is 5.72. The molecule has 2 N–H and O–H groups in total. The molecule has 5 heteroatoms. The van der Waals surface area contributed by atoms with Crippen molar-refractivity contribution in [3.8, 4) is 0 Å². The molecule has 0 atom stereocenters. The van der Waals surface area contributed by atoms with Gasteiger partial charge in [0.2, 0.25) is 5.91 Å². The number of fused-ring (bicyclic) bond motifs is 1. The Kier molecular flexibility index (Phi) is 3.90. The van der Waals surface area contributed by atoms with Gasteiger partial charge in [-0.25, -0.2) is 4.98 Å². The van der Waals surface area contributed by atoms with Gasteiger partial charge in [0, 0.05) is 11.3 Å². The fourth-order valence-corrected chi connectivity index (χ4v) is 2.92. The maximum Gasteiger partial charge on any atom is 0.226 e. The fraction of sp³-hybridized carbons (Fsp3) is 0.636. The summed E-state index contributed by atoms with van der Waals surface area (Å²) < 4.78 is 0. The zero-order chi connectivity index (χ0) is 11.4. The highest BCUT2D eigenvalue weighted by Crippen LogP contribution is 2.30. The number of nitrogens with zero attached hydrogens (tertiary/aromatic N) is 1. The SMILES string of the molecule is CNCCCC(=O)Nc1nc2c(s1)CCC2. The molecule has 1 aromatic heterocycles. The van der Waals surface area contributed by atoms with Gasteiger partial charge in [0.25, 0.3) is 0 Å². The number of amides is 1. The van der Waals surface area contributed by atoms with E-state index in [1.54, 1.807) is 11.3 Å². The van der Waals surface area contributed by atoms with Crippen LogP contribution in [0.4, 0.5) is 5.13 Å². The van der Waals surface area contributed by atoms with Crippen molar-refractivity contribution in [3.05, 3.63) is 10.6 Å². The van der Waals surface area contributed by atoms with E-state index in [1.165, 1.54) is 17.0 Å². The average molecular weight is 239 g/mol. The highest BCUT2D eigenvalue weighted by molar-refractivity contribution is 7.15. The van der Waals surface area contributed by atoms with Gasteiger partial charge >= 0.3 is 0 Å². The molecule has 2 rings (SSSR count). The van der Waals surface area contributed by atoms with E-state index in [0.717, 1.165) is 30.9 Å². The van der Waals surface area contributed by atoms with Crippen LogP contribution in [0.15, 0.2) is 0 Å². The molecule has 1 heterocycles. The molecule has 0 bridgehead atoms. The lowest BCUT2D eigenvalue weighted by Gasteiger charge is -2.01. The summed E-state index contributed by atoms with van der Waals surface area (Å²) in [5.41, 5.74) is 1.19. The summed E-state index contributed by atoms with van der Waals surface area (Å²) in [7, 11) is 1.89. The van der Waals surface area contributed by atoms with Crippen molar-refractivity contribution in [2.24, 2.45) is 0 Å². The molecule has 0 saturated carbocycles. The molecule has 0 aromatic carbocycles. The highest BCUT2D eigenvalue weighted by atomic mass is 32.1. The van der Waals surface area contributed by atoms with Gasteiger partial charge in [0.15, 0.2) is 5.13 Å². The van der Waals surface area contributed by atoms with Gasteiger partial charge in [-0.2, -0.15) is 0 Å². The summed E-state index contributed by atoms with van der Waals surface area (Å²) in [6, 6.07) is 0. The Hall–Kier alpha value is -0.940. The van der Waals surface area contributed by atoms with Crippen molar-refractivity contribution >= 4 is 22.4 Å². The van der Waals surface area contributed by atoms with Gasteiger partial charge < -0.3 is 10.6 Å². The topological polar surface area (TPSA) is 54.0 Å². The van der Waals surface area contributed by atoms with Gasteiger partial charge in [0.1, 0.15) is 0 Å². The second-order valence-electron chi connectivity index (χ2n) is 4.00. The first-order chi connectivity index (χ1) is 7.79. The number of carbonyl (C=O) groups excluding carboxylic acids is 1. The number of carbonyl (C=O) groups is 1. The van der Waals surface area contributed by atoms with Crippen LogP contribution in [0.3, 0.4) is 0 Å². The summed E-state index contributed by atoms with van der Waals surface area (Å²) in [4.78, 5) is 17.3. The largest absolute Gasteiger partial charge is 0.320 e. The molecule has 88 valence electrons. The molecular formula is C11H17N3OS. The van der Waals surface area contributed by atoms with Crippen molar-refractivity contribution in [3.63, 3.8) is 0 Å². The number of hydrogen-bond acceptors (Lipinski definition) is 4. The summed E-state index contributed by atoms with van der Waals surface area (Å²) >= 11 is 1.63. The van der Waals surface area contributed by atoms with E-state index in [2.05, 4.69) is 15.6 Å². The predicted molar refractivity (Wildman–Crippen MR) is 65.9 cm³/mol. The minimum absolute atomic E-state index is 0.0719. The monoisotopic (exact) mass is 239 g/mol. The molecule has 0 radical (unpaired) electrons. The Bertz CT molecular complexity index is 354. The maximum atomic E-state index is 11.5. The summed E-state index contributed by atoms with van der Waals surface area (Å²) in [6.45, 7) is 0.877. The van der Waals surface area contributed by atoms with Crippen LogP contribution < -0.4 is 10.6 Å². The predicted octanol–water partition coefficient (Wildman–Crippen LogP) is 1.57. The summed E-state index contributed by atoms with van der Waals surface area (Å²) in [5, 5.41) is 6.67. The average Bonchev–Trinajstić information content (AvgIpc) is 2.78. The molecule has 0 spiro atoms. The smallest absolute Gasteiger partial charge is 0.226 e. The minimum Gasteiger partial charge on any atom is -0.320 e. The van der Waals surface area contributed by atoms with Crippen molar-refractivity contribution in [1.29, 1.82) is 0 Å². The molecule has 0 unspecified atom stereocenters. The number of rotatable bonds is 5. The fourth-order valence-electron chi connectivity index (χ4n) is 1.85. The van der Waals surface area contributed by atoms with Crippen molar-refractivity contribution in [2.45, 2.75) is 32.1 Å². The van der Waals surface area contributed by atoms with Crippen LogP contribution in [0.25, 0.3) is 0 Å². The van der Waals surface area contributed by atoms with Crippen molar-refractivity contribution in [1.82, 2.24) is 10.3 Å². The number of anilines is 1. The highest BCUT2D eigenvalue weighted by Gasteiger charge is 2.17. The normalized spacial score (nSPS) is 13.8. The zero-order valence-corrected chi connectivity index (χ0v) is 10.3. The number of aryl methyl sites for hydroxylation is 2. The Morgan fingerprint density at radius 2 is 2.38 bits per heavy atom. The molecular weight excluding hydrogens is 222 g/mol. The van der Waals surface area contributed by atoms with Crippen LogP contribution in [0.2, 0.25) is 0 Å². The molecule has 0 aliphatic heterocycles. The van der Waals surface area contributed by atoms with Crippen LogP contribution in [0, 0.1) is 0 Å². The third-order valence-electron chi connectivity index (χ3n) is 2.67. The van der Waals surface area contributed by atoms with E-state index >= 15 is 0 Å². The molecule has 1 aliphatic carbocycles. The van der Waals surface area contributed by atoms with E-state index in [1.807, 2.05) is 7.05 Å². The number of nitrogens with one attached hydrogen (secondary N) is 2. The Morgan fingerprint density at radius 3 is 3.12 bits per heavy atom. The summed E-state index contributed by atoms with van der Waals surface area (Å²) in [6.07, 6.45) is 4.84. The third-order valence-corrected chi connectivity index (χ3v) is 3.75. The van der Waals surface area contributed by atoms with Gasteiger partial charge in [-0.1, -0.05) is 0 Å². The lowest BCUT2D eigenvalue weighted by atomic mass is 10.3. The Balaban J connectivity index is 1.82. The second-order valence-corrected chi connectivity index (χ2v) is 5.08. The van der Waals surface area contributed by atoms with Crippen LogP contribution in [-0.2, 0) is 17.6 Å². The van der Waals surface area contributed by atoms with E-state index < -0.39 is 0 Å². The Morgan fingerprint density at radius 1 is 1.50 bits per heavy atom. The first kappa shape index (κ1) is 11.5. The van der Waals surface area contributed by atoms with Gasteiger partial charge in [-0.05, 0) is 39.3 Å². The first-order valence-corrected chi connectivity index (χ1v) is 6.54. The second kappa shape index (κ2) is 5.41. The van der Waals surface area contributed by atoms with Gasteiger partial charge in [-0.15, -0.1) is 11.3 Å². The van der Waals surface area contributed by atoms with E-state index in [4.69, 9.17) is 0 Å². The zero-order valence-electron chi connectivity index (χ0n) is 9.51. The molecule has 4 nitrogen and oxygen atoms in total.